The van der Waals surface area contributed by atoms with Crippen LogP contribution in [0.2, 0.25) is 0 Å². The molecule has 0 unspecified atom stereocenters. The molecule has 0 radical (unpaired) electrons. The van der Waals surface area contributed by atoms with Gasteiger partial charge in [-0.3, -0.25) is 4.79 Å². The van der Waals surface area contributed by atoms with Crippen molar-refractivity contribution >= 4 is 49.6 Å². The van der Waals surface area contributed by atoms with Gasteiger partial charge in [-0.25, -0.2) is 13.1 Å². The molecule has 3 N–H and O–H groups in total. The number of aromatic amines is 1. The Bertz CT molecular complexity index is 1260. The zero-order chi connectivity index (χ0) is 20.3. The van der Waals surface area contributed by atoms with Crippen LogP contribution >= 0.6 is 11.7 Å². The number of benzene rings is 2. The lowest BCUT2D eigenvalue weighted by Gasteiger charge is -2.08. The van der Waals surface area contributed by atoms with Crippen LogP contribution in [0.15, 0.2) is 53.6 Å². The molecular formula is C19H19N5O3S2. The zero-order valence-electron chi connectivity index (χ0n) is 15.4. The van der Waals surface area contributed by atoms with E-state index in [0.29, 0.717) is 23.9 Å². The number of hydrogen-bond acceptors (Lipinski definition) is 6. The van der Waals surface area contributed by atoms with Gasteiger partial charge in [0, 0.05) is 36.6 Å². The molecule has 29 heavy (non-hydrogen) atoms. The third-order valence-electron chi connectivity index (χ3n) is 4.57. The summed E-state index contributed by atoms with van der Waals surface area (Å²) in [6.07, 6.45) is 2.86. The second kappa shape index (κ2) is 8.27. The fraction of sp³-hybridized carbons (Fsp3) is 0.211. The van der Waals surface area contributed by atoms with Gasteiger partial charge in [-0.2, -0.15) is 8.75 Å². The first-order valence-electron chi connectivity index (χ1n) is 9.07. The number of nitrogens with zero attached hydrogens (tertiary/aromatic N) is 2. The highest BCUT2D eigenvalue weighted by atomic mass is 32.2. The highest BCUT2D eigenvalue weighted by Gasteiger charge is 2.19. The molecular weight excluding hydrogens is 410 g/mol. The van der Waals surface area contributed by atoms with Gasteiger partial charge in [-0.05, 0) is 30.2 Å². The van der Waals surface area contributed by atoms with Crippen LogP contribution in [-0.2, 0) is 21.2 Å². The number of aromatic nitrogens is 3. The average molecular weight is 430 g/mol. The van der Waals surface area contributed by atoms with E-state index < -0.39 is 10.0 Å². The topological polar surface area (TPSA) is 117 Å². The number of nitrogens with one attached hydrogen (secondary N) is 3. The van der Waals surface area contributed by atoms with E-state index in [1.165, 1.54) is 6.07 Å². The van der Waals surface area contributed by atoms with E-state index in [2.05, 4.69) is 23.8 Å². The van der Waals surface area contributed by atoms with Gasteiger partial charge < -0.3 is 10.3 Å². The van der Waals surface area contributed by atoms with Gasteiger partial charge in [-0.1, -0.05) is 24.3 Å². The molecule has 2 heterocycles. The Labute approximate surface area is 171 Å². The lowest BCUT2D eigenvalue weighted by atomic mass is 10.1. The summed E-state index contributed by atoms with van der Waals surface area (Å²) in [4.78, 5) is 15.4. The van der Waals surface area contributed by atoms with Gasteiger partial charge in [0.2, 0.25) is 15.9 Å². The number of rotatable bonds is 8. The number of hydrogen-bond donors (Lipinski definition) is 3. The van der Waals surface area contributed by atoms with Crippen molar-refractivity contribution in [3.05, 3.63) is 54.2 Å². The van der Waals surface area contributed by atoms with Gasteiger partial charge >= 0.3 is 0 Å². The minimum atomic E-state index is -3.73. The van der Waals surface area contributed by atoms with Gasteiger partial charge in [0.1, 0.15) is 15.9 Å². The number of amides is 1. The summed E-state index contributed by atoms with van der Waals surface area (Å²) in [5, 5.41) is 3.86. The molecule has 8 nitrogen and oxygen atoms in total. The van der Waals surface area contributed by atoms with Crippen LogP contribution < -0.4 is 10.0 Å². The maximum atomic E-state index is 12.5. The second-order valence-electron chi connectivity index (χ2n) is 6.50. The van der Waals surface area contributed by atoms with E-state index in [0.717, 1.165) is 28.2 Å². The molecule has 4 aromatic rings. The summed E-state index contributed by atoms with van der Waals surface area (Å²) >= 11 is 0.969. The predicted molar refractivity (Wildman–Crippen MR) is 112 cm³/mol. The van der Waals surface area contributed by atoms with Crippen molar-refractivity contribution in [3.8, 4) is 0 Å². The molecule has 4 rings (SSSR count). The standard InChI is InChI=1S/C19H19N5O3S2/c25-18(9-8-13-12-21-15-5-2-1-4-14(13)15)20-10-11-22-29(26,27)17-7-3-6-16-19(17)24-28-23-16/h1-7,12,21-22H,8-11H2,(H,20,25). The molecule has 0 fully saturated rings. The fourth-order valence-electron chi connectivity index (χ4n) is 3.14. The summed E-state index contributed by atoms with van der Waals surface area (Å²) in [6, 6.07) is 12.8. The number of para-hydroxylation sites is 1. The van der Waals surface area contributed by atoms with E-state index in [1.807, 2.05) is 30.5 Å². The number of sulfonamides is 1. The van der Waals surface area contributed by atoms with Crippen molar-refractivity contribution in [2.45, 2.75) is 17.7 Å². The minimum absolute atomic E-state index is 0.0920. The molecule has 0 spiro atoms. The summed E-state index contributed by atoms with van der Waals surface area (Å²) in [7, 11) is -3.73. The quantitative estimate of drug-likeness (QED) is 0.371. The van der Waals surface area contributed by atoms with E-state index in [1.54, 1.807) is 12.1 Å². The molecule has 0 atom stereocenters. The Morgan fingerprint density at radius 3 is 2.83 bits per heavy atom. The Balaban J connectivity index is 1.27. The molecule has 2 aromatic heterocycles. The summed E-state index contributed by atoms with van der Waals surface area (Å²) in [5.41, 5.74) is 3.03. The third-order valence-corrected chi connectivity index (χ3v) is 6.61. The van der Waals surface area contributed by atoms with Crippen LogP contribution in [0, 0.1) is 0 Å². The third kappa shape index (κ3) is 4.29. The molecule has 0 aliphatic carbocycles. The molecule has 0 aliphatic rings. The van der Waals surface area contributed by atoms with Crippen LogP contribution in [0.3, 0.4) is 0 Å². The van der Waals surface area contributed by atoms with Crippen molar-refractivity contribution < 1.29 is 13.2 Å². The predicted octanol–water partition coefficient (Wildman–Crippen LogP) is 2.20. The van der Waals surface area contributed by atoms with Crippen molar-refractivity contribution in [1.82, 2.24) is 23.8 Å². The Morgan fingerprint density at radius 2 is 1.93 bits per heavy atom. The Hall–Kier alpha value is -2.82. The zero-order valence-corrected chi connectivity index (χ0v) is 17.0. The smallest absolute Gasteiger partial charge is 0.242 e. The van der Waals surface area contributed by atoms with Crippen LogP contribution in [-0.4, -0.2) is 41.1 Å². The lowest BCUT2D eigenvalue weighted by molar-refractivity contribution is -0.121. The van der Waals surface area contributed by atoms with Crippen LogP contribution in [0.5, 0.6) is 0 Å². The molecule has 10 heteroatoms. The van der Waals surface area contributed by atoms with Crippen molar-refractivity contribution in [2.75, 3.05) is 13.1 Å². The first-order chi connectivity index (χ1) is 14.0. The van der Waals surface area contributed by atoms with E-state index in [-0.39, 0.29) is 23.9 Å². The largest absolute Gasteiger partial charge is 0.361 e. The highest BCUT2D eigenvalue weighted by Crippen LogP contribution is 2.21. The second-order valence-corrected chi connectivity index (χ2v) is 8.76. The summed E-state index contributed by atoms with van der Waals surface area (Å²) < 4.78 is 35.6. The van der Waals surface area contributed by atoms with Crippen LogP contribution in [0.1, 0.15) is 12.0 Å². The van der Waals surface area contributed by atoms with Crippen LogP contribution in [0.25, 0.3) is 21.9 Å². The van der Waals surface area contributed by atoms with E-state index in [4.69, 9.17) is 0 Å². The number of H-pyrrole nitrogens is 1. The lowest BCUT2D eigenvalue weighted by Crippen LogP contribution is -2.34. The Kier molecular flexibility index (Phi) is 5.56. The van der Waals surface area contributed by atoms with E-state index >= 15 is 0 Å². The average Bonchev–Trinajstić information content (AvgIpc) is 3.36. The fourth-order valence-corrected chi connectivity index (χ4v) is 4.93. The molecule has 0 saturated carbocycles. The van der Waals surface area contributed by atoms with Crippen molar-refractivity contribution in [2.24, 2.45) is 0 Å². The summed E-state index contributed by atoms with van der Waals surface area (Å²) in [6.45, 7) is 0.298. The molecule has 2 aromatic carbocycles. The van der Waals surface area contributed by atoms with Gasteiger partial charge in [0.15, 0.2) is 0 Å². The Morgan fingerprint density at radius 1 is 1.07 bits per heavy atom. The van der Waals surface area contributed by atoms with Crippen molar-refractivity contribution in [1.29, 1.82) is 0 Å². The molecule has 0 saturated heterocycles. The van der Waals surface area contributed by atoms with Crippen LogP contribution in [0.4, 0.5) is 0 Å². The maximum Gasteiger partial charge on any atom is 0.242 e. The normalized spacial score (nSPS) is 11.9. The SMILES string of the molecule is O=C(CCc1c[nH]c2ccccc12)NCCNS(=O)(=O)c1cccc2nsnc12. The monoisotopic (exact) mass is 429 g/mol. The summed E-state index contributed by atoms with van der Waals surface area (Å²) in [5.74, 6) is -0.125. The molecule has 1 amide bonds. The molecule has 150 valence electrons. The first kappa shape index (κ1) is 19.5. The molecule has 0 aliphatic heterocycles. The number of aryl methyl sites for hydroxylation is 1. The number of carbonyl (C=O) groups is 1. The van der Waals surface area contributed by atoms with Crippen molar-refractivity contribution in [3.63, 3.8) is 0 Å². The number of carbonyl (C=O) groups excluding carboxylic acids is 1. The number of fused-ring (bicyclic) bond motifs is 2. The first-order valence-corrected chi connectivity index (χ1v) is 11.3. The molecule has 0 bridgehead atoms. The maximum absolute atomic E-state index is 12.5. The van der Waals surface area contributed by atoms with Gasteiger partial charge in [0.05, 0.1) is 11.7 Å². The highest BCUT2D eigenvalue weighted by molar-refractivity contribution is 7.89. The van der Waals surface area contributed by atoms with E-state index in [9.17, 15) is 13.2 Å². The van der Waals surface area contributed by atoms with Gasteiger partial charge in [0.25, 0.3) is 0 Å². The minimum Gasteiger partial charge on any atom is -0.361 e. The van der Waals surface area contributed by atoms with Gasteiger partial charge in [-0.15, -0.1) is 0 Å².